The maximum atomic E-state index is 10.3. The molecule has 68 valence electrons. The molecule has 3 heterocycles. The molecule has 2 nitrogen and oxygen atoms in total. The van der Waals surface area contributed by atoms with Gasteiger partial charge in [-0.05, 0) is 37.8 Å². The second-order valence-corrected chi connectivity index (χ2v) is 3.80. The normalized spacial score (nSPS) is 38.8. The van der Waals surface area contributed by atoms with Crippen molar-refractivity contribution < 1.29 is 4.79 Å². The van der Waals surface area contributed by atoms with Crippen LogP contribution >= 0.6 is 0 Å². The monoisotopic (exact) mass is 167 g/mol. The Labute approximate surface area is 75.9 Å². The third kappa shape index (κ3) is 1.71. The highest BCUT2D eigenvalue weighted by molar-refractivity contribution is 5.75. The van der Waals surface area contributed by atoms with Crippen LogP contribution in [0.2, 0.25) is 0 Å². The first-order valence-corrected chi connectivity index (χ1v) is 4.56. The fourth-order valence-electron chi connectivity index (χ4n) is 2.48. The lowest BCUT2D eigenvalue weighted by Crippen LogP contribution is -2.47. The first-order valence-electron chi connectivity index (χ1n) is 4.56. The Balaban J connectivity index is 0.000000720. The van der Waals surface area contributed by atoms with Gasteiger partial charge in [0.1, 0.15) is 6.29 Å². The predicted octanol–water partition coefficient (Wildman–Crippen LogP) is -0.267. The van der Waals surface area contributed by atoms with Crippen molar-refractivity contribution in [3.05, 3.63) is 0 Å². The quantitative estimate of drug-likeness (QED) is 0.417. The van der Waals surface area contributed by atoms with E-state index in [2.05, 4.69) is 4.90 Å². The Hall–Kier alpha value is -0.305. The molecule has 3 aliphatic heterocycles. The summed E-state index contributed by atoms with van der Waals surface area (Å²) in [5, 5.41) is 0. The second-order valence-electron chi connectivity index (χ2n) is 3.80. The third-order valence-corrected chi connectivity index (χ3v) is 3.19. The van der Waals surface area contributed by atoms with Gasteiger partial charge in [-0.2, -0.15) is 0 Å². The highest BCUT2D eigenvalue weighted by atomic mass is 16.1. The first kappa shape index (κ1) is 9.78. The third-order valence-electron chi connectivity index (χ3n) is 3.19. The van der Waals surface area contributed by atoms with E-state index in [1.165, 1.54) is 32.5 Å². The molecule has 0 N–H and O–H groups in total. The summed E-state index contributed by atoms with van der Waals surface area (Å²) in [6.45, 7) is 3.74. The molecule has 0 saturated carbocycles. The van der Waals surface area contributed by atoms with Crippen molar-refractivity contribution in [1.29, 1.82) is 0 Å². The molecule has 1 atom stereocenters. The standard InChI is InChI=1S/C9H15NO.BH3/c11-6-3-9-7-10-4-1-8(9)2-5-10;/h6,8-9H,1-5,7H2;1H3/t9-;/m1./s1. The van der Waals surface area contributed by atoms with Crippen molar-refractivity contribution in [2.45, 2.75) is 19.3 Å². The van der Waals surface area contributed by atoms with E-state index < -0.39 is 0 Å². The number of rotatable bonds is 2. The van der Waals surface area contributed by atoms with Gasteiger partial charge in [-0.3, -0.25) is 0 Å². The molecule has 0 radical (unpaired) electrons. The second kappa shape index (κ2) is 4.08. The summed E-state index contributed by atoms with van der Waals surface area (Å²) in [7, 11) is 0. The number of hydrogen-bond acceptors (Lipinski definition) is 2. The van der Waals surface area contributed by atoms with E-state index in [-0.39, 0.29) is 8.41 Å². The minimum atomic E-state index is 0. The topological polar surface area (TPSA) is 20.3 Å². The molecule has 0 aromatic carbocycles. The largest absolute Gasteiger partial charge is 0.303 e. The number of nitrogens with zero attached hydrogens (tertiary/aromatic N) is 1. The smallest absolute Gasteiger partial charge is 0.120 e. The van der Waals surface area contributed by atoms with Gasteiger partial charge in [0.25, 0.3) is 0 Å². The van der Waals surface area contributed by atoms with Crippen LogP contribution in [0.15, 0.2) is 0 Å². The van der Waals surface area contributed by atoms with E-state index in [0.29, 0.717) is 5.92 Å². The van der Waals surface area contributed by atoms with Crippen molar-refractivity contribution in [2.24, 2.45) is 11.8 Å². The Morgan fingerprint density at radius 3 is 2.42 bits per heavy atom. The number of piperidine rings is 3. The lowest BCUT2D eigenvalue weighted by atomic mass is 9.78. The van der Waals surface area contributed by atoms with Crippen LogP contribution in [0.25, 0.3) is 0 Å². The van der Waals surface area contributed by atoms with Crippen LogP contribution in [0.1, 0.15) is 19.3 Å². The summed E-state index contributed by atoms with van der Waals surface area (Å²) >= 11 is 0. The summed E-state index contributed by atoms with van der Waals surface area (Å²) < 4.78 is 0. The van der Waals surface area contributed by atoms with Crippen LogP contribution in [0.5, 0.6) is 0 Å². The molecule has 0 spiro atoms. The zero-order chi connectivity index (χ0) is 7.68. The molecule has 3 saturated heterocycles. The van der Waals surface area contributed by atoms with Crippen molar-refractivity contribution in [2.75, 3.05) is 19.6 Å². The lowest BCUT2D eigenvalue weighted by molar-refractivity contribution is -0.110. The Kier molecular flexibility index (Phi) is 3.33. The van der Waals surface area contributed by atoms with Gasteiger partial charge in [0.15, 0.2) is 0 Å². The van der Waals surface area contributed by atoms with Crippen molar-refractivity contribution in [3.63, 3.8) is 0 Å². The van der Waals surface area contributed by atoms with Crippen LogP contribution in [-0.4, -0.2) is 39.2 Å². The number of fused-ring (bicyclic) bond motifs is 3. The maximum absolute atomic E-state index is 10.3. The first-order chi connectivity index (χ1) is 5.40. The number of carbonyl (C=O) groups excluding carboxylic acids is 1. The zero-order valence-corrected chi connectivity index (χ0v) is 6.83. The predicted molar refractivity (Wildman–Crippen MR) is 53.3 cm³/mol. The molecule has 0 aliphatic carbocycles. The van der Waals surface area contributed by atoms with Crippen LogP contribution in [-0.2, 0) is 4.79 Å². The highest BCUT2D eigenvalue weighted by Gasteiger charge is 2.33. The van der Waals surface area contributed by atoms with E-state index in [1.807, 2.05) is 0 Å². The summed E-state index contributed by atoms with van der Waals surface area (Å²) in [5.74, 6) is 1.56. The van der Waals surface area contributed by atoms with Crippen molar-refractivity contribution in [3.8, 4) is 0 Å². The molecular formula is C9H18BNO. The molecule has 3 fully saturated rings. The summed E-state index contributed by atoms with van der Waals surface area (Å²) in [5.41, 5.74) is 0. The van der Waals surface area contributed by atoms with Crippen LogP contribution in [0.3, 0.4) is 0 Å². The van der Waals surface area contributed by atoms with Crippen LogP contribution in [0, 0.1) is 11.8 Å². The van der Waals surface area contributed by atoms with Gasteiger partial charge in [-0.1, -0.05) is 0 Å². The van der Waals surface area contributed by atoms with Gasteiger partial charge >= 0.3 is 0 Å². The zero-order valence-electron chi connectivity index (χ0n) is 6.83. The molecule has 3 heteroatoms. The minimum Gasteiger partial charge on any atom is -0.303 e. The van der Waals surface area contributed by atoms with E-state index in [4.69, 9.17) is 0 Å². The maximum Gasteiger partial charge on any atom is 0.120 e. The minimum absolute atomic E-state index is 0. The van der Waals surface area contributed by atoms with Crippen LogP contribution < -0.4 is 0 Å². The molecule has 2 bridgehead atoms. The lowest BCUT2D eigenvalue weighted by Gasteiger charge is -2.44. The fraction of sp³-hybridized carbons (Fsp3) is 0.889. The highest BCUT2D eigenvalue weighted by Crippen LogP contribution is 2.33. The average molecular weight is 167 g/mol. The molecule has 0 aromatic heterocycles. The molecule has 3 rings (SSSR count). The fourth-order valence-corrected chi connectivity index (χ4v) is 2.48. The van der Waals surface area contributed by atoms with Gasteiger partial charge in [0.05, 0.1) is 8.41 Å². The van der Waals surface area contributed by atoms with Gasteiger partial charge < -0.3 is 9.69 Å². The Morgan fingerprint density at radius 1 is 1.33 bits per heavy atom. The van der Waals surface area contributed by atoms with E-state index in [1.54, 1.807) is 0 Å². The summed E-state index contributed by atoms with van der Waals surface area (Å²) in [4.78, 5) is 12.8. The summed E-state index contributed by atoms with van der Waals surface area (Å²) in [6.07, 6.45) is 4.55. The van der Waals surface area contributed by atoms with E-state index in [9.17, 15) is 4.79 Å². The molecule has 0 aromatic rings. The number of carbonyl (C=O) groups is 1. The van der Waals surface area contributed by atoms with Gasteiger partial charge in [-0.15, -0.1) is 0 Å². The Morgan fingerprint density at radius 2 is 2.00 bits per heavy atom. The molecule has 12 heavy (non-hydrogen) atoms. The Bertz CT molecular complexity index is 155. The molecular weight excluding hydrogens is 149 g/mol. The van der Waals surface area contributed by atoms with E-state index >= 15 is 0 Å². The van der Waals surface area contributed by atoms with Gasteiger partial charge in [0, 0.05) is 13.0 Å². The molecule has 3 aliphatic rings. The number of aldehydes is 1. The number of hydrogen-bond donors (Lipinski definition) is 0. The van der Waals surface area contributed by atoms with Crippen molar-refractivity contribution >= 4 is 14.7 Å². The molecule has 0 amide bonds. The van der Waals surface area contributed by atoms with Crippen LogP contribution in [0.4, 0.5) is 0 Å². The van der Waals surface area contributed by atoms with Crippen molar-refractivity contribution in [1.82, 2.24) is 4.90 Å². The van der Waals surface area contributed by atoms with E-state index in [0.717, 1.165) is 18.6 Å². The summed E-state index contributed by atoms with van der Waals surface area (Å²) in [6, 6.07) is 0. The SMILES string of the molecule is B.O=CC[C@@H]1CN2CCC1CC2. The van der Waals surface area contributed by atoms with Gasteiger partial charge in [0.2, 0.25) is 0 Å². The van der Waals surface area contributed by atoms with Gasteiger partial charge in [-0.25, -0.2) is 0 Å². The average Bonchev–Trinajstić information content (AvgIpc) is 2.07. The molecule has 0 unspecified atom stereocenters.